The molecule has 1 aliphatic heterocycles. The molecule has 1 fully saturated rings. The molecule has 0 saturated carbocycles. The molecule has 1 saturated heterocycles. The molecule has 148 valence electrons. The van der Waals surface area contributed by atoms with Crippen LogP contribution in [0, 0.1) is 0 Å². The van der Waals surface area contributed by atoms with Gasteiger partial charge >= 0.3 is 0 Å². The summed E-state index contributed by atoms with van der Waals surface area (Å²) in [4.78, 5) is 39.7. The van der Waals surface area contributed by atoms with E-state index in [1.54, 1.807) is 36.4 Å². The third kappa shape index (κ3) is 2.86. The van der Waals surface area contributed by atoms with Crippen LogP contribution in [0.25, 0.3) is 11.4 Å². The van der Waals surface area contributed by atoms with Crippen molar-refractivity contribution in [1.82, 2.24) is 29.6 Å². The fourth-order valence-corrected chi connectivity index (χ4v) is 4.74. The Morgan fingerprint density at radius 2 is 2.14 bits per heavy atom. The number of nitrogens with one attached hydrogen (secondary N) is 1. The molecule has 0 aromatic carbocycles. The fraction of sp³-hybridized carbons (Fsp3) is 0.381. The van der Waals surface area contributed by atoms with Crippen LogP contribution in [0.2, 0.25) is 0 Å². The lowest BCUT2D eigenvalue weighted by Crippen LogP contribution is -2.48. The molecule has 3 aromatic heterocycles. The van der Waals surface area contributed by atoms with Crippen LogP contribution >= 0.6 is 0 Å². The zero-order valence-electron chi connectivity index (χ0n) is 16.3. The highest BCUT2D eigenvalue weighted by molar-refractivity contribution is 5.92. The van der Waals surface area contributed by atoms with E-state index in [1.807, 2.05) is 17.0 Å². The Kier molecular flexibility index (Phi) is 4.08. The van der Waals surface area contributed by atoms with Crippen molar-refractivity contribution in [3.05, 3.63) is 64.1 Å². The molecule has 1 amide bonds. The summed E-state index contributed by atoms with van der Waals surface area (Å²) in [5, 5.41) is 4.12. The number of pyridine rings is 1. The van der Waals surface area contributed by atoms with Crippen molar-refractivity contribution in [3.63, 3.8) is 0 Å². The first-order valence-corrected chi connectivity index (χ1v) is 9.89. The Balaban J connectivity index is 1.53. The summed E-state index contributed by atoms with van der Waals surface area (Å²) >= 11 is 0. The minimum Gasteiger partial charge on any atom is -0.336 e. The van der Waals surface area contributed by atoms with E-state index < -0.39 is 0 Å². The second kappa shape index (κ2) is 6.65. The van der Waals surface area contributed by atoms with Crippen LogP contribution in [0.5, 0.6) is 0 Å². The molecule has 0 radical (unpaired) electrons. The lowest BCUT2D eigenvalue weighted by Gasteiger charge is -2.40. The third-order valence-electron chi connectivity index (χ3n) is 6.21. The van der Waals surface area contributed by atoms with Gasteiger partial charge in [0.15, 0.2) is 0 Å². The second-order valence-electron chi connectivity index (χ2n) is 7.93. The Morgan fingerprint density at radius 1 is 1.24 bits per heavy atom. The van der Waals surface area contributed by atoms with E-state index in [0.29, 0.717) is 31.0 Å². The van der Waals surface area contributed by atoms with E-state index in [0.717, 1.165) is 36.1 Å². The van der Waals surface area contributed by atoms with E-state index >= 15 is 0 Å². The molecule has 0 bridgehead atoms. The van der Waals surface area contributed by atoms with Crippen molar-refractivity contribution < 1.29 is 4.79 Å². The van der Waals surface area contributed by atoms with Crippen molar-refractivity contribution >= 4 is 5.91 Å². The van der Waals surface area contributed by atoms with Crippen molar-refractivity contribution in [2.75, 3.05) is 13.1 Å². The van der Waals surface area contributed by atoms with Crippen molar-refractivity contribution in [2.24, 2.45) is 7.05 Å². The van der Waals surface area contributed by atoms with Gasteiger partial charge in [-0.05, 0) is 43.9 Å². The van der Waals surface area contributed by atoms with E-state index in [1.165, 1.54) is 0 Å². The number of hydrogen-bond acceptors (Lipinski definition) is 5. The first kappa shape index (κ1) is 17.8. The Labute approximate surface area is 167 Å². The SMILES string of the molecule is Cn1nccc1C(=O)N1CCCC2(CCc3c2nc(-c2cccnc2)[nH]c3=O)C1. The average molecular weight is 390 g/mol. The minimum atomic E-state index is -0.271. The predicted octanol–water partition coefficient (Wildman–Crippen LogP) is 1.69. The van der Waals surface area contributed by atoms with Gasteiger partial charge in [0.2, 0.25) is 0 Å². The number of aromatic nitrogens is 5. The molecule has 1 aliphatic carbocycles. The van der Waals surface area contributed by atoms with Gasteiger partial charge in [-0.2, -0.15) is 5.10 Å². The van der Waals surface area contributed by atoms with E-state index in [4.69, 9.17) is 4.98 Å². The number of aryl methyl sites for hydroxylation is 1. The van der Waals surface area contributed by atoms with Crippen LogP contribution in [0.15, 0.2) is 41.6 Å². The molecule has 8 nitrogen and oxygen atoms in total. The number of rotatable bonds is 2. The van der Waals surface area contributed by atoms with Crippen molar-refractivity contribution in [2.45, 2.75) is 31.1 Å². The molecule has 5 rings (SSSR count). The summed E-state index contributed by atoms with van der Waals surface area (Å²) in [6.07, 6.45) is 8.38. The van der Waals surface area contributed by atoms with E-state index in [2.05, 4.69) is 15.1 Å². The van der Waals surface area contributed by atoms with Gasteiger partial charge in [0, 0.05) is 55.3 Å². The third-order valence-corrected chi connectivity index (χ3v) is 6.21. The molecule has 29 heavy (non-hydrogen) atoms. The average Bonchev–Trinajstić information content (AvgIpc) is 3.32. The standard InChI is InChI=1S/C21H22N6O2/c1-26-16(6-10-23-26)20(29)27-11-3-7-21(13-27)8-5-15-17(21)24-18(25-19(15)28)14-4-2-9-22-12-14/h2,4,6,9-10,12H,3,5,7-8,11,13H2,1H3,(H,24,25,28). The van der Waals surface area contributed by atoms with Crippen LogP contribution in [-0.2, 0) is 18.9 Å². The Hall–Kier alpha value is -3.29. The van der Waals surface area contributed by atoms with Gasteiger partial charge in [-0.25, -0.2) is 4.98 Å². The topological polar surface area (TPSA) is 96.8 Å². The molecule has 2 aliphatic rings. The number of piperidine rings is 1. The number of carbonyl (C=O) groups excluding carboxylic acids is 1. The van der Waals surface area contributed by atoms with Gasteiger partial charge < -0.3 is 9.88 Å². The zero-order valence-corrected chi connectivity index (χ0v) is 16.3. The van der Waals surface area contributed by atoms with Gasteiger partial charge in [-0.15, -0.1) is 0 Å². The predicted molar refractivity (Wildman–Crippen MR) is 106 cm³/mol. The smallest absolute Gasteiger partial charge is 0.272 e. The molecule has 8 heteroatoms. The number of carbonyl (C=O) groups is 1. The highest BCUT2D eigenvalue weighted by Crippen LogP contribution is 2.43. The van der Waals surface area contributed by atoms with Crippen LogP contribution in [0.1, 0.15) is 41.0 Å². The van der Waals surface area contributed by atoms with Crippen LogP contribution in [0.3, 0.4) is 0 Å². The van der Waals surface area contributed by atoms with Gasteiger partial charge in [0.05, 0.1) is 5.69 Å². The largest absolute Gasteiger partial charge is 0.336 e. The number of likely N-dealkylation sites (tertiary alicyclic amines) is 1. The lowest BCUT2D eigenvalue weighted by molar-refractivity contribution is 0.0622. The maximum Gasteiger partial charge on any atom is 0.272 e. The highest BCUT2D eigenvalue weighted by atomic mass is 16.2. The number of fused-ring (bicyclic) bond motifs is 2. The Bertz CT molecular complexity index is 1140. The monoisotopic (exact) mass is 390 g/mol. The van der Waals surface area contributed by atoms with Gasteiger partial charge in [0.1, 0.15) is 11.5 Å². The van der Waals surface area contributed by atoms with Gasteiger partial charge in [-0.1, -0.05) is 0 Å². The van der Waals surface area contributed by atoms with E-state index in [9.17, 15) is 9.59 Å². The lowest BCUT2D eigenvalue weighted by atomic mass is 9.77. The van der Waals surface area contributed by atoms with E-state index in [-0.39, 0.29) is 16.9 Å². The first-order valence-electron chi connectivity index (χ1n) is 9.89. The number of amides is 1. The normalized spacial score (nSPS) is 20.8. The van der Waals surface area contributed by atoms with Crippen molar-refractivity contribution in [3.8, 4) is 11.4 Å². The highest BCUT2D eigenvalue weighted by Gasteiger charge is 2.46. The van der Waals surface area contributed by atoms with Gasteiger partial charge in [-0.3, -0.25) is 19.3 Å². The molecule has 1 atom stereocenters. The van der Waals surface area contributed by atoms with Crippen LogP contribution in [-0.4, -0.2) is 48.6 Å². The zero-order chi connectivity index (χ0) is 20.0. The molecule has 1 N–H and O–H groups in total. The molecule has 4 heterocycles. The maximum absolute atomic E-state index is 13.1. The fourth-order valence-electron chi connectivity index (χ4n) is 4.74. The molecular weight excluding hydrogens is 368 g/mol. The maximum atomic E-state index is 13.1. The summed E-state index contributed by atoms with van der Waals surface area (Å²) in [7, 11) is 1.78. The molecule has 1 spiro atoms. The number of H-pyrrole nitrogens is 1. The Morgan fingerprint density at radius 3 is 2.90 bits per heavy atom. The van der Waals surface area contributed by atoms with Crippen LogP contribution in [0.4, 0.5) is 0 Å². The van der Waals surface area contributed by atoms with Gasteiger partial charge in [0.25, 0.3) is 11.5 Å². The second-order valence-corrected chi connectivity index (χ2v) is 7.93. The number of hydrogen-bond donors (Lipinski definition) is 1. The minimum absolute atomic E-state index is 0.0187. The molecule has 3 aromatic rings. The summed E-state index contributed by atoms with van der Waals surface area (Å²) < 4.78 is 1.61. The summed E-state index contributed by atoms with van der Waals surface area (Å²) in [6, 6.07) is 5.46. The quantitative estimate of drug-likeness (QED) is 0.718. The number of nitrogens with zero attached hydrogens (tertiary/aromatic N) is 5. The summed E-state index contributed by atoms with van der Waals surface area (Å²) in [5.41, 5.74) is 2.62. The van der Waals surface area contributed by atoms with Crippen molar-refractivity contribution in [1.29, 1.82) is 0 Å². The van der Waals surface area contributed by atoms with Crippen LogP contribution < -0.4 is 5.56 Å². The molecular formula is C21H22N6O2. The summed E-state index contributed by atoms with van der Waals surface area (Å²) in [5.74, 6) is 0.521. The number of aromatic amines is 1. The molecule has 1 unspecified atom stereocenters. The first-order chi connectivity index (χ1) is 14.1. The summed E-state index contributed by atoms with van der Waals surface area (Å²) in [6.45, 7) is 1.28.